The molecule has 0 unspecified atom stereocenters. The molecular weight excluding hydrogens is 206 g/mol. The van der Waals surface area contributed by atoms with Crippen LogP contribution in [0, 0.1) is 6.92 Å². The van der Waals surface area contributed by atoms with Crippen molar-refractivity contribution in [2.45, 2.75) is 39.8 Å². The molecule has 90 valence electrons. The van der Waals surface area contributed by atoms with Crippen molar-refractivity contribution in [3.63, 3.8) is 0 Å². The van der Waals surface area contributed by atoms with E-state index in [1.165, 1.54) is 7.11 Å². The summed E-state index contributed by atoms with van der Waals surface area (Å²) in [5, 5.41) is 3.29. The Bertz CT molecular complexity index is 374. The minimum Gasteiger partial charge on any atom is -0.465 e. The number of esters is 1. The van der Waals surface area contributed by atoms with E-state index in [-0.39, 0.29) is 11.5 Å². The largest absolute Gasteiger partial charge is 0.465 e. The molecule has 1 aromatic heterocycles. The van der Waals surface area contributed by atoms with Crippen LogP contribution < -0.4 is 5.32 Å². The molecule has 0 radical (unpaired) electrons. The summed E-state index contributed by atoms with van der Waals surface area (Å²) >= 11 is 0. The molecule has 0 amide bonds. The Morgan fingerprint density at radius 1 is 1.50 bits per heavy atom. The van der Waals surface area contributed by atoms with Gasteiger partial charge in [0.15, 0.2) is 0 Å². The summed E-state index contributed by atoms with van der Waals surface area (Å²) in [7, 11) is 1.36. The van der Waals surface area contributed by atoms with Gasteiger partial charge in [0.25, 0.3) is 0 Å². The van der Waals surface area contributed by atoms with Crippen LogP contribution in [0.5, 0.6) is 0 Å². The van der Waals surface area contributed by atoms with E-state index in [1.807, 2.05) is 0 Å². The quantitative estimate of drug-likeness (QED) is 0.802. The van der Waals surface area contributed by atoms with Gasteiger partial charge in [-0.3, -0.25) is 0 Å². The van der Waals surface area contributed by atoms with E-state index in [2.05, 4.69) is 30.8 Å². The summed E-state index contributed by atoms with van der Waals surface area (Å²) in [5.74, 6) is 0.980. The van der Waals surface area contributed by atoms with Gasteiger partial charge in [0.2, 0.25) is 0 Å². The molecule has 0 aliphatic rings. The zero-order valence-electron chi connectivity index (χ0n) is 10.5. The zero-order chi connectivity index (χ0) is 12.3. The lowest BCUT2D eigenvalue weighted by Gasteiger charge is -2.19. The molecule has 0 bridgehead atoms. The van der Waals surface area contributed by atoms with Gasteiger partial charge in [0.05, 0.1) is 13.7 Å². The topological polar surface area (TPSA) is 51.5 Å². The van der Waals surface area contributed by atoms with E-state index in [9.17, 15) is 4.79 Å². The maximum atomic E-state index is 11.3. The maximum absolute atomic E-state index is 11.3. The molecule has 0 aliphatic carbocycles. The van der Waals surface area contributed by atoms with Gasteiger partial charge in [-0.25, -0.2) is 4.79 Å². The Morgan fingerprint density at radius 2 is 2.12 bits per heavy atom. The van der Waals surface area contributed by atoms with Crippen molar-refractivity contribution in [2.75, 3.05) is 7.11 Å². The number of furan rings is 1. The van der Waals surface area contributed by atoms with Gasteiger partial charge < -0.3 is 14.5 Å². The first kappa shape index (κ1) is 12.8. The summed E-state index contributed by atoms with van der Waals surface area (Å²) in [6, 6.07) is 1.72. The summed E-state index contributed by atoms with van der Waals surface area (Å²) < 4.78 is 10.1. The number of nitrogens with one attached hydrogen (secondary N) is 1. The van der Waals surface area contributed by atoms with Gasteiger partial charge in [-0.15, -0.1) is 0 Å². The highest BCUT2D eigenvalue weighted by Crippen LogP contribution is 2.16. The second-order valence-electron chi connectivity index (χ2n) is 4.78. The van der Waals surface area contributed by atoms with Gasteiger partial charge in [0.1, 0.15) is 17.1 Å². The molecule has 0 fully saturated rings. The van der Waals surface area contributed by atoms with Crippen molar-refractivity contribution in [1.29, 1.82) is 0 Å². The minimum absolute atomic E-state index is 0.0200. The fourth-order valence-electron chi connectivity index (χ4n) is 1.30. The van der Waals surface area contributed by atoms with Gasteiger partial charge in [-0.1, -0.05) is 0 Å². The summed E-state index contributed by atoms with van der Waals surface area (Å²) in [6.07, 6.45) is 0. The highest BCUT2D eigenvalue weighted by Gasteiger charge is 2.16. The van der Waals surface area contributed by atoms with Crippen LogP contribution in [0.1, 0.15) is 42.6 Å². The third-order valence-corrected chi connectivity index (χ3v) is 2.17. The minimum atomic E-state index is -0.358. The lowest BCUT2D eigenvalue weighted by atomic mass is 10.1. The van der Waals surface area contributed by atoms with Crippen molar-refractivity contribution in [2.24, 2.45) is 0 Å². The molecule has 4 heteroatoms. The van der Waals surface area contributed by atoms with Crippen LogP contribution in [-0.2, 0) is 11.3 Å². The smallest absolute Gasteiger partial charge is 0.341 e. The second kappa shape index (κ2) is 4.70. The number of hydrogen-bond acceptors (Lipinski definition) is 4. The summed E-state index contributed by atoms with van der Waals surface area (Å²) in [4.78, 5) is 11.3. The van der Waals surface area contributed by atoms with Crippen molar-refractivity contribution < 1.29 is 13.9 Å². The average Bonchev–Trinajstić information content (AvgIpc) is 2.55. The van der Waals surface area contributed by atoms with Crippen LogP contribution in [0.25, 0.3) is 0 Å². The Morgan fingerprint density at radius 3 is 2.62 bits per heavy atom. The molecule has 0 saturated heterocycles. The molecule has 0 saturated carbocycles. The van der Waals surface area contributed by atoms with Crippen LogP contribution in [-0.4, -0.2) is 18.6 Å². The average molecular weight is 225 g/mol. The van der Waals surface area contributed by atoms with E-state index in [0.29, 0.717) is 17.9 Å². The molecule has 1 heterocycles. The van der Waals surface area contributed by atoms with E-state index < -0.39 is 0 Å². The number of carbonyl (C=O) groups is 1. The van der Waals surface area contributed by atoms with E-state index in [0.717, 1.165) is 5.76 Å². The van der Waals surface area contributed by atoms with E-state index >= 15 is 0 Å². The van der Waals surface area contributed by atoms with Crippen molar-refractivity contribution >= 4 is 5.97 Å². The number of methoxy groups -OCH3 is 1. The molecule has 0 aromatic carbocycles. The first-order chi connectivity index (χ1) is 7.33. The second-order valence-corrected chi connectivity index (χ2v) is 4.78. The predicted octanol–water partition coefficient (Wildman–Crippen LogP) is 2.26. The van der Waals surface area contributed by atoms with Crippen LogP contribution in [0.4, 0.5) is 0 Å². The third kappa shape index (κ3) is 3.38. The van der Waals surface area contributed by atoms with Crippen LogP contribution in [0.2, 0.25) is 0 Å². The standard InChI is InChI=1S/C12H19NO3/c1-8-10(11(14)15-5)6-9(16-8)7-13-12(2,3)4/h6,13H,7H2,1-5H3. The molecule has 0 aliphatic heterocycles. The molecule has 1 N–H and O–H groups in total. The summed E-state index contributed by atoms with van der Waals surface area (Å²) in [5.41, 5.74) is 0.514. The lowest BCUT2D eigenvalue weighted by molar-refractivity contribution is 0.0599. The first-order valence-corrected chi connectivity index (χ1v) is 5.26. The van der Waals surface area contributed by atoms with Gasteiger partial charge >= 0.3 is 5.97 Å². The van der Waals surface area contributed by atoms with Gasteiger partial charge in [0, 0.05) is 5.54 Å². The number of ether oxygens (including phenoxy) is 1. The number of hydrogen-bond donors (Lipinski definition) is 1. The van der Waals surface area contributed by atoms with Crippen molar-refractivity contribution in [3.8, 4) is 0 Å². The first-order valence-electron chi connectivity index (χ1n) is 5.26. The molecule has 1 aromatic rings. The van der Waals surface area contributed by atoms with Crippen LogP contribution in [0.15, 0.2) is 10.5 Å². The Kier molecular flexibility index (Phi) is 3.75. The lowest BCUT2D eigenvalue weighted by Crippen LogP contribution is -2.34. The maximum Gasteiger partial charge on any atom is 0.341 e. The van der Waals surface area contributed by atoms with E-state index in [4.69, 9.17) is 4.42 Å². The van der Waals surface area contributed by atoms with Crippen molar-refractivity contribution in [3.05, 3.63) is 23.2 Å². The SMILES string of the molecule is COC(=O)c1cc(CNC(C)(C)C)oc1C. The van der Waals surface area contributed by atoms with Gasteiger partial charge in [-0.05, 0) is 33.8 Å². The number of aryl methyl sites for hydroxylation is 1. The number of rotatable bonds is 3. The molecule has 1 rings (SSSR count). The van der Waals surface area contributed by atoms with Gasteiger partial charge in [-0.2, -0.15) is 0 Å². The fraction of sp³-hybridized carbons (Fsp3) is 0.583. The third-order valence-electron chi connectivity index (χ3n) is 2.17. The predicted molar refractivity (Wildman–Crippen MR) is 61.4 cm³/mol. The van der Waals surface area contributed by atoms with Crippen LogP contribution in [0.3, 0.4) is 0 Å². The zero-order valence-corrected chi connectivity index (χ0v) is 10.5. The Hall–Kier alpha value is -1.29. The highest BCUT2D eigenvalue weighted by atomic mass is 16.5. The van der Waals surface area contributed by atoms with Crippen molar-refractivity contribution in [1.82, 2.24) is 5.32 Å². The van der Waals surface area contributed by atoms with Crippen LogP contribution >= 0.6 is 0 Å². The Balaban J connectivity index is 2.74. The molecule has 0 spiro atoms. The fourth-order valence-corrected chi connectivity index (χ4v) is 1.30. The number of carbonyl (C=O) groups excluding carboxylic acids is 1. The molecule has 4 nitrogen and oxygen atoms in total. The highest BCUT2D eigenvalue weighted by molar-refractivity contribution is 5.90. The molecule has 16 heavy (non-hydrogen) atoms. The molecule has 0 atom stereocenters. The summed E-state index contributed by atoms with van der Waals surface area (Å²) in [6.45, 7) is 8.58. The Labute approximate surface area is 96.0 Å². The normalized spacial score (nSPS) is 11.6. The molecular formula is C12H19NO3. The monoisotopic (exact) mass is 225 g/mol. The van der Waals surface area contributed by atoms with E-state index in [1.54, 1.807) is 13.0 Å².